The monoisotopic (exact) mass is 213 g/mol. The van der Waals surface area contributed by atoms with Gasteiger partial charge in [0.05, 0.1) is 6.26 Å². The number of rotatable bonds is 7. The SMILES string of the molecule is CSCCNCCC(=O)c1ccco1. The maximum Gasteiger partial charge on any atom is 0.199 e. The third-order valence-electron chi connectivity index (χ3n) is 1.81. The molecule has 0 unspecified atom stereocenters. The number of carbonyl (C=O) groups is 1. The second kappa shape index (κ2) is 6.68. The van der Waals surface area contributed by atoms with Crippen LogP contribution in [-0.4, -0.2) is 30.9 Å². The molecule has 0 fully saturated rings. The van der Waals surface area contributed by atoms with E-state index in [1.807, 2.05) is 0 Å². The van der Waals surface area contributed by atoms with Gasteiger partial charge < -0.3 is 9.73 Å². The van der Waals surface area contributed by atoms with Crippen molar-refractivity contribution in [3.8, 4) is 0 Å². The van der Waals surface area contributed by atoms with Gasteiger partial charge in [-0.25, -0.2) is 0 Å². The van der Waals surface area contributed by atoms with Crippen molar-refractivity contribution in [1.82, 2.24) is 5.32 Å². The molecule has 0 saturated heterocycles. The van der Waals surface area contributed by atoms with Gasteiger partial charge in [0.15, 0.2) is 11.5 Å². The number of carbonyl (C=O) groups excluding carboxylic acids is 1. The summed E-state index contributed by atoms with van der Waals surface area (Å²) in [5.41, 5.74) is 0. The van der Waals surface area contributed by atoms with Crippen LogP contribution in [0.4, 0.5) is 0 Å². The minimum Gasteiger partial charge on any atom is -0.461 e. The van der Waals surface area contributed by atoms with E-state index in [4.69, 9.17) is 4.42 Å². The number of ketones is 1. The van der Waals surface area contributed by atoms with Gasteiger partial charge in [-0.05, 0) is 18.4 Å². The van der Waals surface area contributed by atoms with Crippen LogP contribution in [0.3, 0.4) is 0 Å². The summed E-state index contributed by atoms with van der Waals surface area (Å²) in [6, 6.07) is 3.43. The van der Waals surface area contributed by atoms with Gasteiger partial charge in [-0.2, -0.15) is 11.8 Å². The van der Waals surface area contributed by atoms with Gasteiger partial charge in [0, 0.05) is 25.3 Å². The normalized spacial score (nSPS) is 10.4. The van der Waals surface area contributed by atoms with Gasteiger partial charge >= 0.3 is 0 Å². The summed E-state index contributed by atoms with van der Waals surface area (Å²) in [4.78, 5) is 11.4. The highest BCUT2D eigenvalue weighted by molar-refractivity contribution is 7.98. The molecule has 0 bridgehead atoms. The van der Waals surface area contributed by atoms with E-state index in [1.54, 1.807) is 23.9 Å². The van der Waals surface area contributed by atoms with Gasteiger partial charge in [-0.3, -0.25) is 4.79 Å². The second-order valence-electron chi connectivity index (χ2n) is 2.89. The molecule has 78 valence electrons. The maximum absolute atomic E-state index is 11.4. The van der Waals surface area contributed by atoms with Crippen molar-refractivity contribution in [2.24, 2.45) is 0 Å². The average molecular weight is 213 g/mol. The van der Waals surface area contributed by atoms with Crippen LogP contribution in [0.2, 0.25) is 0 Å². The zero-order valence-corrected chi connectivity index (χ0v) is 9.10. The van der Waals surface area contributed by atoms with Gasteiger partial charge in [0.1, 0.15) is 0 Å². The summed E-state index contributed by atoms with van der Waals surface area (Å²) >= 11 is 1.79. The zero-order valence-electron chi connectivity index (χ0n) is 8.29. The molecule has 0 radical (unpaired) electrons. The van der Waals surface area contributed by atoms with E-state index in [2.05, 4.69) is 11.6 Å². The Morgan fingerprint density at radius 2 is 2.43 bits per heavy atom. The molecule has 0 amide bonds. The molecule has 1 rings (SSSR count). The van der Waals surface area contributed by atoms with Crippen LogP contribution in [0.25, 0.3) is 0 Å². The van der Waals surface area contributed by atoms with Crippen molar-refractivity contribution in [1.29, 1.82) is 0 Å². The summed E-state index contributed by atoms with van der Waals surface area (Å²) in [7, 11) is 0. The Bertz CT molecular complexity index is 259. The summed E-state index contributed by atoms with van der Waals surface area (Å²) < 4.78 is 4.99. The van der Waals surface area contributed by atoms with Gasteiger partial charge in [0.25, 0.3) is 0 Å². The first-order valence-corrected chi connectivity index (χ1v) is 6.00. The van der Waals surface area contributed by atoms with Gasteiger partial charge in [0.2, 0.25) is 0 Å². The number of nitrogens with one attached hydrogen (secondary N) is 1. The van der Waals surface area contributed by atoms with E-state index >= 15 is 0 Å². The van der Waals surface area contributed by atoms with E-state index in [0.29, 0.717) is 12.2 Å². The molecule has 1 N–H and O–H groups in total. The largest absolute Gasteiger partial charge is 0.461 e. The molecule has 0 aliphatic heterocycles. The number of hydrogen-bond donors (Lipinski definition) is 1. The first-order valence-electron chi connectivity index (χ1n) is 4.61. The number of Topliss-reactive ketones (excluding diaryl/α,β-unsaturated/α-hetero) is 1. The summed E-state index contributed by atoms with van der Waals surface area (Å²) in [6.07, 6.45) is 4.09. The Kier molecular flexibility index (Phi) is 5.40. The van der Waals surface area contributed by atoms with Gasteiger partial charge in [-0.1, -0.05) is 0 Å². The maximum atomic E-state index is 11.4. The summed E-state index contributed by atoms with van der Waals surface area (Å²) in [5, 5.41) is 3.20. The summed E-state index contributed by atoms with van der Waals surface area (Å²) in [6.45, 7) is 1.67. The minimum absolute atomic E-state index is 0.0617. The zero-order chi connectivity index (χ0) is 10.2. The standard InChI is InChI=1S/C10H15NO2S/c1-14-8-6-11-5-4-9(12)10-3-2-7-13-10/h2-3,7,11H,4-6,8H2,1H3. The Balaban J connectivity index is 2.10. The van der Waals surface area contributed by atoms with E-state index in [9.17, 15) is 4.79 Å². The predicted octanol–water partition coefficient (Wildman–Crippen LogP) is 1.81. The van der Waals surface area contributed by atoms with E-state index in [1.165, 1.54) is 6.26 Å². The topological polar surface area (TPSA) is 42.2 Å². The fourth-order valence-corrected chi connectivity index (χ4v) is 1.41. The van der Waals surface area contributed by atoms with Crippen LogP contribution in [0.5, 0.6) is 0 Å². The predicted molar refractivity (Wildman–Crippen MR) is 58.9 cm³/mol. The second-order valence-corrected chi connectivity index (χ2v) is 3.88. The molecular weight excluding hydrogens is 198 g/mol. The molecular formula is C10H15NO2S. The lowest BCUT2D eigenvalue weighted by Crippen LogP contribution is -2.20. The Morgan fingerprint density at radius 1 is 1.57 bits per heavy atom. The lowest BCUT2D eigenvalue weighted by Gasteiger charge is -2.01. The Labute approximate surface area is 88.2 Å². The number of hydrogen-bond acceptors (Lipinski definition) is 4. The van der Waals surface area contributed by atoms with E-state index in [-0.39, 0.29) is 5.78 Å². The number of furan rings is 1. The van der Waals surface area contributed by atoms with Crippen LogP contribution in [0, 0.1) is 0 Å². The number of thioether (sulfide) groups is 1. The fraction of sp³-hybridized carbons (Fsp3) is 0.500. The molecule has 14 heavy (non-hydrogen) atoms. The molecule has 0 saturated carbocycles. The van der Waals surface area contributed by atoms with Crippen molar-refractivity contribution in [2.75, 3.05) is 25.1 Å². The quantitative estimate of drug-likeness (QED) is 0.554. The lowest BCUT2D eigenvalue weighted by atomic mass is 10.2. The van der Waals surface area contributed by atoms with Crippen molar-refractivity contribution >= 4 is 17.5 Å². The van der Waals surface area contributed by atoms with Crippen LogP contribution in [-0.2, 0) is 0 Å². The van der Waals surface area contributed by atoms with Crippen LogP contribution >= 0.6 is 11.8 Å². The lowest BCUT2D eigenvalue weighted by molar-refractivity contribution is 0.0956. The highest BCUT2D eigenvalue weighted by Crippen LogP contribution is 2.03. The molecule has 4 heteroatoms. The van der Waals surface area contributed by atoms with Crippen molar-refractivity contribution in [3.63, 3.8) is 0 Å². The highest BCUT2D eigenvalue weighted by atomic mass is 32.2. The Morgan fingerprint density at radius 3 is 3.07 bits per heavy atom. The molecule has 0 aliphatic rings. The fourth-order valence-electron chi connectivity index (χ4n) is 1.06. The average Bonchev–Trinajstić information content (AvgIpc) is 2.70. The van der Waals surface area contributed by atoms with Crippen LogP contribution < -0.4 is 5.32 Å². The third-order valence-corrected chi connectivity index (χ3v) is 2.42. The smallest absolute Gasteiger partial charge is 0.199 e. The molecule has 0 spiro atoms. The molecule has 0 aromatic carbocycles. The molecule has 3 nitrogen and oxygen atoms in total. The summed E-state index contributed by atoms with van der Waals surface area (Å²) in [5.74, 6) is 1.60. The first-order chi connectivity index (χ1) is 6.84. The van der Waals surface area contributed by atoms with Crippen LogP contribution in [0.15, 0.2) is 22.8 Å². The molecule has 0 aliphatic carbocycles. The van der Waals surface area contributed by atoms with Crippen LogP contribution in [0.1, 0.15) is 17.0 Å². The Hall–Kier alpha value is -0.740. The first kappa shape index (κ1) is 11.3. The molecule has 1 aromatic rings. The minimum atomic E-state index is 0.0617. The molecule has 0 atom stereocenters. The molecule has 1 aromatic heterocycles. The molecule has 1 heterocycles. The van der Waals surface area contributed by atoms with E-state index in [0.717, 1.165) is 18.8 Å². The van der Waals surface area contributed by atoms with Gasteiger partial charge in [-0.15, -0.1) is 0 Å². The van der Waals surface area contributed by atoms with Crippen molar-refractivity contribution in [3.05, 3.63) is 24.2 Å². The van der Waals surface area contributed by atoms with E-state index < -0.39 is 0 Å². The van der Waals surface area contributed by atoms with Crippen molar-refractivity contribution in [2.45, 2.75) is 6.42 Å². The highest BCUT2D eigenvalue weighted by Gasteiger charge is 2.06. The van der Waals surface area contributed by atoms with Crippen molar-refractivity contribution < 1.29 is 9.21 Å². The third kappa shape index (κ3) is 3.98.